The summed E-state index contributed by atoms with van der Waals surface area (Å²) in [4.78, 5) is 46.2. The molecule has 3 rings (SSSR count). The van der Waals surface area contributed by atoms with E-state index >= 15 is 0 Å². The summed E-state index contributed by atoms with van der Waals surface area (Å²) in [6.07, 6.45) is 2.69. The number of carbonyl (C=O) groups excluding carboxylic acids is 1. The number of aliphatic hydroxyl groups is 2. The van der Waals surface area contributed by atoms with Gasteiger partial charge in [-0.2, -0.15) is 0 Å². The number of aliphatic carboxylic acids is 2. The number of esters is 1. The average Bonchev–Trinajstić information content (AvgIpc) is 2.75. The largest absolute Gasteiger partial charge is 0.481 e. The Bertz CT molecular complexity index is 659. The summed E-state index contributed by atoms with van der Waals surface area (Å²) in [5.41, 5.74) is 0. The average molecular weight is 459 g/mol. The predicted octanol–water partition coefficient (Wildman–Crippen LogP) is 1.51. The molecule has 182 valence electrons. The van der Waals surface area contributed by atoms with Crippen LogP contribution in [0.15, 0.2) is 0 Å². The number of hydrogen-bond acceptors (Lipinski definition) is 8. The molecule has 3 aliphatic rings. The standard InChI is InChI=1S/C22H34O10/c23-13-2-1-12(18(9-13)20(25)26)11-30-32-16-6-4-15(5-7-16)31-22(29)17-8-3-14(24)10-19(17)21(27)28/h12-19,23-24H,1-11H2,(H,25,26)(H,27,28). The maximum Gasteiger partial charge on any atom is 0.310 e. The van der Waals surface area contributed by atoms with E-state index in [1.807, 2.05) is 0 Å². The highest BCUT2D eigenvalue weighted by molar-refractivity contribution is 5.81. The number of carbonyl (C=O) groups is 3. The molecule has 0 saturated heterocycles. The number of rotatable bonds is 8. The van der Waals surface area contributed by atoms with Gasteiger partial charge in [0.15, 0.2) is 0 Å². The Morgan fingerprint density at radius 2 is 1.25 bits per heavy atom. The summed E-state index contributed by atoms with van der Waals surface area (Å²) in [6.45, 7) is 0.155. The van der Waals surface area contributed by atoms with E-state index in [0.717, 1.165) is 0 Å². The monoisotopic (exact) mass is 458 g/mol. The van der Waals surface area contributed by atoms with Crippen molar-refractivity contribution in [2.45, 2.75) is 88.6 Å². The zero-order valence-corrected chi connectivity index (χ0v) is 18.1. The molecule has 4 N–H and O–H groups in total. The molecule has 0 amide bonds. The van der Waals surface area contributed by atoms with Crippen molar-refractivity contribution in [2.24, 2.45) is 23.7 Å². The molecular weight excluding hydrogens is 424 g/mol. The van der Waals surface area contributed by atoms with Crippen LogP contribution in [0.4, 0.5) is 0 Å². The highest BCUT2D eigenvalue weighted by Crippen LogP contribution is 2.34. The van der Waals surface area contributed by atoms with E-state index in [1.54, 1.807) is 0 Å². The first-order chi connectivity index (χ1) is 15.2. The van der Waals surface area contributed by atoms with Gasteiger partial charge in [-0.05, 0) is 70.1 Å². The molecule has 0 bridgehead atoms. The molecule has 3 saturated carbocycles. The fourth-order valence-corrected chi connectivity index (χ4v) is 5.14. The quantitative estimate of drug-likeness (QED) is 0.238. The third kappa shape index (κ3) is 6.63. The number of hydrogen-bond donors (Lipinski definition) is 4. The van der Waals surface area contributed by atoms with Crippen LogP contribution in [0, 0.1) is 23.7 Å². The van der Waals surface area contributed by atoms with Crippen LogP contribution in [0.25, 0.3) is 0 Å². The van der Waals surface area contributed by atoms with E-state index in [-0.39, 0.29) is 37.6 Å². The van der Waals surface area contributed by atoms with Gasteiger partial charge in [0.2, 0.25) is 0 Å². The smallest absolute Gasteiger partial charge is 0.310 e. The Morgan fingerprint density at radius 3 is 1.88 bits per heavy atom. The van der Waals surface area contributed by atoms with Crippen LogP contribution in [0.2, 0.25) is 0 Å². The molecule has 0 aromatic rings. The van der Waals surface area contributed by atoms with Crippen LogP contribution in [0.3, 0.4) is 0 Å². The summed E-state index contributed by atoms with van der Waals surface area (Å²) in [6, 6.07) is 0. The van der Waals surface area contributed by atoms with Gasteiger partial charge in [-0.1, -0.05) is 0 Å². The molecule has 32 heavy (non-hydrogen) atoms. The van der Waals surface area contributed by atoms with Gasteiger partial charge in [-0.15, -0.1) is 0 Å². The van der Waals surface area contributed by atoms with Crippen molar-refractivity contribution in [1.29, 1.82) is 0 Å². The Labute approximate surface area is 186 Å². The van der Waals surface area contributed by atoms with Crippen LogP contribution in [0.1, 0.15) is 64.2 Å². The zero-order valence-electron chi connectivity index (χ0n) is 18.1. The molecule has 0 aromatic heterocycles. The molecule has 3 aliphatic carbocycles. The number of carboxylic acid groups (broad SMARTS) is 2. The molecule has 0 spiro atoms. The number of aliphatic hydroxyl groups excluding tert-OH is 2. The normalized spacial score (nSPS) is 38.1. The van der Waals surface area contributed by atoms with Gasteiger partial charge < -0.3 is 25.2 Å². The minimum Gasteiger partial charge on any atom is -0.481 e. The summed E-state index contributed by atoms with van der Waals surface area (Å²) in [5, 5.41) is 38.1. The van der Waals surface area contributed by atoms with Crippen LogP contribution in [0.5, 0.6) is 0 Å². The maximum atomic E-state index is 12.5. The SMILES string of the molecule is O=C(O)C1CC(O)CCC1COOC1CCC(OC(=O)C2CCC(O)CC2C(=O)O)CC1. The van der Waals surface area contributed by atoms with Gasteiger partial charge in [0.05, 0.1) is 42.7 Å². The molecule has 3 fully saturated rings. The first kappa shape index (κ1) is 24.9. The van der Waals surface area contributed by atoms with Gasteiger partial charge in [0.1, 0.15) is 6.10 Å². The van der Waals surface area contributed by atoms with Gasteiger partial charge in [0, 0.05) is 0 Å². The first-order valence-electron chi connectivity index (χ1n) is 11.5. The number of ether oxygens (including phenoxy) is 1. The van der Waals surface area contributed by atoms with Crippen LogP contribution < -0.4 is 0 Å². The summed E-state index contributed by atoms with van der Waals surface area (Å²) >= 11 is 0. The van der Waals surface area contributed by atoms with Crippen molar-refractivity contribution >= 4 is 17.9 Å². The Balaban J connectivity index is 1.37. The Morgan fingerprint density at radius 1 is 0.688 bits per heavy atom. The van der Waals surface area contributed by atoms with E-state index in [1.165, 1.54) is 0 Å². The molecular formula is C22H34O10. The Kier molecular flexibility index (Phi) is 8.87. The fraction of sp³-hybridized carbons (Fsp3) is 0.864. The Hall–Kier alpha value is -1.75. The summed E-state index contributed by atoms with van der Waals surface area (Å²) in [7, 11) is 0. The van der Waals surface area contributed by atoms with Crippen molar-refractivity contribution in [3.63, 3.8) is 0 Å². The molecule has 0 radical (unpaired) electrons. The second-order valence-corrected chi connectivity index (χ2v) is 9.41. The summed E-state index contributed by atoms with van der Waals surface area (Å²) < 4.78 is 5.58. The van der Waals surface area contributed by atoms with Crippen LogP contribution >= 0.6 is 0 Å². The lowest BCUT2D eigenvalue weighted by Gasteiger charge is -2.33. The molecule has 0 heterocycles. The molecule has 0 aliphatic heterocycles. The van der Waals surface area contributed by atoms with Crippen LogP contribution in [-0.2, 0) is 28.9 Å². The molecule has 10 heteroatoms. The van der Waals surface area contributed by atoms with Crippen molar-refractivity contribution in [2.75, 3.05) is 6.61 Å². The second-order valence-electron chi connectivity index (χ2n) is 9.41. The lowest BCUT2D eigenvalue weighted by atomic mass is 9.78. The van der Waals surface area contributed by atoms with Gasteiger partial charge in [0.25, 0.3) is 0 Å². The lowest BCUT2D eigenvalue weighted by molar-refractivity contribution is -0.338. The predicted molar refractivity (Wildman–Crippen MR) is 108 cm³/mol. The van der Waals surface area contributed by atoms with Gasteiger partial charge in [-0.25, -0.2) is 9.78 Å². The molecule has 10 nitrogen and oxygen atoms in total. The van der Waals surface area contributed by atoms with Crippen molar-refractivity contribution in [1.82, 2.24) is 0 Å². The molecule has 0 aromatic carbocycles. The minimum absolute atomic E-state index is 0.0652. The van der Waals surface area contributed by atoms with Crippen molar-refractivity contribution in [3.8, 4) is 0 Å². The van der Waals surface area contributed by atoms with E-state index in [4.69, 9.17) is 14.5 Å². The van der Waals surface area contributed by atoms with E-state index in [9.17, 15) is 34.8 Å². The number of carboxylic acids is 2. The fourth-order valence-electron chi connectivity index (χ4n) is 5.14. The van der Waals surface area contributed by atoms with Crippen LogP contribution in [-0.4, -0.2) is 69.4 Å². The van der Waals surface area contributed by atoms with Gasteiger partial charge >= 0.3 is 17.9 Å². The third-order valence-electron chi connectivity index (χ3n) is 7.12. The highest BCUT2D eigenvalue weighted by Gasteiger charge is 2.41. The zero-order chi connectivity index (χ0) is 23.3. The van der Waals surface area contributed by atoms with E-state index in [0.29, 0.717) is 51.4 Å². The topological polar surface area (TPSA) is 160 Å². The lowest BCUT2D eigenvalue weighted by Crippen LogP contribution is -2.40. The molecule has 6 unspecified atom stereocenters. The van der Waals surface area contributed by atoms with E-state index < -0.39 is 47.9 Å². The molecule has 6 atom stereocenters. The summed E-state index contributed by atoms with van der Waals surface area (Å²) in [5.74, 6) is -5.03. The first-order valence-corrected chi connectivity index (χ1v) is 11.5. The van der Waals surface area contributed by atoms with Crippen molar-refractivity contribution < 1.29 is 49.3 Å². The second kappa shape index (κ2) is 11.4. The highest BCUT2D eigenvalue weighted by atomic mass is 17.2. The maximum absolute atomic E-state index is 12.5. The minimum atomic E-state index is -1.09. The third-order valence-corrected chi connectivity index (χ3v) is 7.12. The van der Waals surface area contributed by atoms with E-state index in [2.05, 4.69) is 0 Å². The van der Waals surface area contributed by atoms with Crippen molar-refractivity contribution in [3.05, 3.63) is 0 Å². The van der Waals surface area contributed by atoms with Gasteiger partial charge in [-0.3, -0.25) is 14.4 Å².